The number of nitrogens with one attached hydrogen (secondary N) is 1. The molecule has 1 aliphatic rings. The number of anilines is 1. The first kappa shape index (κ1) is 30.2. The Labute approximate surface area is 250 Å². The zero-order chi connectivity index (χ0) is 28.9. The molecule has 3 aromatic rings. The van der Waals surface area contributed by atoms with E-state index in [0.717, 1.165) is 30.0 Å². The monoisotopic (exact) mass is 621 g/mol. The van der Waals surface area contributed by atoms with Gasteiger partial charge in [-0.05, 0) is 62.2 Å². The predicted molar refractivity (Wildman–Crippen MR) is 159 cm³/mol. The SMILES string of the molecule is CC(C(=O)NC1CCCC1)N(Cc1c(Cl)cccc1Cl)C(=O)CN(c1cccc(Cl)c1)S(=O)(=O)c1ccccc1. The minimum absolute atomic E-state index is 0.00972. The van der Waals surface area contributed by atoms with Gasteiger partial charge in [-0.1, -0.05) is 78.0 Å². The van der Waals surface area contributed by atoms with Crippen molar-refractivity contribution < 1.29 is 18.0 Å². The highest BCUT2D eigenvalue weighted by Gasteiger charge is 2.34. The number of carbonyl (C=O) groups is 2. The molecule has 0 saturated heterocycles. The van der Waals surface area contributed by atoms with Crippen molar-refractivity contribution in [2.45, 2.75) is 56.1 Å². The van der Waals surface area contributed by atoms with Crippen molar-refractivity contribution in [3.05, 3.63) is 93.4 Å². The highest BCUT2D eigenvalue weighted by atomic mass is 35.5. The normalized spacial score (nSPS) is 14.5. The van der Waals surface area contributed by atoms with E-state index in [0.29, 0.717) is 20.6 Å². The molecule has 0 radical (unpaired) electrons. The molecule has 11 heteroatoms. The molecular formula is C29H30Cl3N3O4S. The largest absolute Gasteiger partial charge is 0.352 e. The first-order valence-corrected chi connectivity index (χ1v) is 15.5. The van der Waals surface area contributed by atoms with Crippen LogP contribution in [0.1, 0.15) is 38.2 Å². The van der Waals surface area contributed by atoms with Gasteiger partial charge in [0.15, 0.2) is 0 Å². The molecule has 1 saturated carbocycles. The molecule has 1 aliphatic carbocycles. The Morgan fingerprint density at radius 1 is 0.925 bits per heavy atom. The van der Waals surface area contributed by atoms with E-state index < -0.39 is 28.5 Å². The molecule has 7 nitrogen and oxygen atoms in total. The highest BCUT2D eigenvalue weighted by Crippen LogP contribution is 2.29. The lowest BCUT2D eigenvalue weighted by atomic mass is 10.1. The molecule has 2 amide bonds. The maximum absolute atomic E-state index is 14.0. The number of amides is 2. The lowest BCUT2D eigenvalue weighted by Gasteiger charge is -2.33. The summed E-state index contributed by atoms with van der Waals surface area (Å²) >= 11 is 19.1. The summed E-state index contributed by atoms with van der Waals surface area (Å²) in [6.07, 6.45) is 3.81. The lowest BCUT2D eigenvalue weighted by molar-refractivity contribution is -0.139. The van der Waals surface area contributed by atoms with Crippen LogP contribution < -0.4 is 9.62 Å². The van der Waals surface area contributed by atoms with Gasteiger partial charge in [0.25, 0.3) is 10.0 Å². The van der Waals surface area contributed by atoms with Gasteiger partial charge in [0.2, 0.25) is 11.8 Å². The van der Waals surface area contributed by atoms with Crippen LogP contribution >= 0.6 is 34.8 Å². The second kappa shape index (κ2) is 13.3. The summed E-state index contributed by atoms with van der Waals surface area (Å²) in [4.78, 5) is 28.6. The molecule has 3 aromatic carbocycles. The number of hydrogen-bond donors (Lipinski definition) is 1. The molecule has 1 unspecified atom stereocenters. The maximum atomic E-state index is 14.0. The molecule has 40 heavy (non-hydrogen) atoms. The van der Waals surface area contributed by atoms with E-state index in [-0.39, 0.29) is 29.1 Å². The van der Waals surface area contributed by atoms with Gasteiger partial charge in [-0.3, -0.25) is 13.9 Å². The summed E-state index contributed by atoms with van der Waals surface area (Å²) in [5.74, 6) is -0.937. The van der Waals surface area contributed by atoms with Crippen LogP contribution in [0.3, 0.4) is 0 Å². The first-order chi connectivity index (χ1) is 19.1. The zero-order valence-electron chi connectivity index (χ0n) is 21.9. The second-order valence-electron chi connectivity index (χ2n) is 9.69. The van der Waals surface area contributed by atoms with E-state index in [1.54, 1.807) is 61.5 Å². The van der Waals surface area contributed by atoms with Crippen molar-refractivity contribution >= 4 is 62.3 Å². The molecule has 0 spiro atoms. The predicted octanol–water partition coefficient (Wildman–Crippen LogP) is 6.32. The Morgan fingerprint density at radius 2 is 1.55 bits per heavy atom. The molecule has 0 bridgehead atoms. The summed E-state index contributed by atoms with van der Waals surface area (Å²) in [5.41, 5.74) is 0.670. The van der Waals surface area contributed by atoms with Gasteiger partial charge in [-0.15, -0.1) is 0 Å². The number of sulfonamides is 1. The molecule has 1 fully saturated rings. The topological polar surface area (TPSA) is 86.8 Å². The van der Waals surface area contributed by atoms with E-state index in [9.17, 15) is 18.0 Å². The van der Waals surface area contributed by atoms with Crippen LogP contribution in [0.5, 0.6) is 0 Å². The van der Waals surface area contributed by atoms with Crippen LogP contribution in [0.25, 0.3) is 0 Å². The lowest BCUT2D eigenvalue weighted by Crippen LogP contribution is -2.52. The Hall–Kier alpha value is -2.78. The second-order valence-corrected chi connectivity index (χ2v) is 12.8. The number of carbonyl (C=O) groups excluding carboxylic acids is 2. The van der Waals surface area contributed by atoms with Crippen LogP contribution in [-0.2, 0) is 26.2 Å². The highest BCUT2D eigenvalue weighted by molar-refractivity contribution is 7.92. The average Bonchev–Trinajstić information content (AvgIpc) is 3.44. The van der Waals surface area contributed by atoms with Gasteiger partial charge in [-0.2, -0.15) is 0 Å². The smallest absolute Gasteiger partial charge is 0.264 e. The molecule has 0 heterocycles. The number of benzene rings is 3. The van der Waals surface area contributed by atoms with E-state index >= 15 is 0 Å². The zero-order valence-corrected chi connectivity index (χ0v) is 25.0. The number of rotatable bonds is 10. The van der Waals surface area contributed by atoms with Crippen LogP contribution in [0, 0.1) is 0 Å². The number of halogens is 3. The van der Waals surface area contributed by atoms with Crippen LogP contribution in [0.15, 0.2) is 77.7 Å². The van der Waals surface area contributed by atoms with Gasteiger partial charge >= 0.3 is 0 Å². The van der Waals surface area contributed by atoms with Gasteiger partial charge in [0.1, 0.15) is 12.6 Å². The van der Waals surface area contributed by atoms with Crippen molar-refractivity contribution in [2.75, 3.05) is 10.8 Å². The van der Waals surface area contributed by atoms with Crippen molar-refractivity contribution in [3.8, 4) is 0 Å². The van der Waals surface area contributed by atoms with Crippen molar-refractivity contribution in [1.82, 2.24) is 10.2 Å². The summed E-state index contributed by atoms with van der Waals surface area (Å²) in [5, 5.41) is 4.00. The summed E-state index contributed by atoms with van der Waals surface area (Å²) < 4.78 is 28.6. The van der Waals surface area contributed by atoms with Gasteiger partial charge in [-0.25, -0.2) is 8.42 Å². The van der Waals surface area contributed by atoms with E-state index in [1.807, 2.05) is 0 Å². The summed E-state index contributed by atoms with van der Waals surface area (Å²) in [6.45, 7) is 0.939. The Kier molecular flexibility index (Phi) is 10.0. The standard InChI is InChI=1S/C29H30Cl3N3O4S/c1-20(29(37)33-22-10-5-6-11-22)34(18-25-26(31)15-8-16-27(25)32)28(36)19-35(23-12-7-9-21(30)17-23)40(38,39)24-13-3-2-4-14-24/h2-4,7-9,12-17,20,22H,5-6,10-11,18-19H2,1H3,(H,33,37). The Morgan fingerprint density at radius 3 is 2.17 bits per heavy atom. The number of nitrogens with zero attached hydrogens (tertiary/aromatic N) is 2. The molecule has 212 valence electrons. The molecule has 1 N–H and O–H groups in total. The molecule has 0 aromatic heterocycles. The Balaban J connectivity index is 1.71. The fourth-order valence-electron chi connectivity index (χ4n) is 4.71. The summed E-state index contributed by atoms with van der Waals surface area (Å²) in [7, 11) is -4.18. The molecule has 0 aliphatic heterocycles. The van der Waals surface area contributed by atoms with Gasteiger partial charge < -0.3 is 10.2 Å². The fraction of sp³-hybridized carbons (Fsp3) is 0.310. The quantitative estimate of drug-likeness (QED) is 0.287. The Bertz CT molecular complexity index is 1440. The first-order valence-electron chi connectivity index (χ1n) is 12.9. The number of hydrogen-bond acceptors (Lipinski definition) is 4. The van der Waals surface area contributed by atoms with Crippen LogP contribution in [0.4, 0.5) is 5.69 Å². The average molecular weight is 623 g/mol. The van der Waals surface area contributed by atoms with E-state index in [2.05, 4.69) is 5.32 Å². The molecular weight excluding hydrogens is 593 g/mol. The van der Waals surface area contributed by atoms with E-state index in [1.165, 1.54) is 23.1 Å². The van der Waals surface area contributed by atoms with Crippen molar-refractivity contribution in [1.29, 1.82) is 0 Å². The third kappa shape index (κ3) is 7.10. The minimum Gasteiger partial charge on any atom is -0.352 e. The van der Waals surface area contributed by atoms with Crippen LogP contribution in [-0.4, -0.2) is 43.8 Å². The third-order valence-electron chi connectivity index (χ3n) is 6.97. The third-order valence-corrected chi connectivity index (χ3v) is 9.70. The molecule has 4 rings (SSSR count). The van der Waals surface area contributed by atoms with Gasteiger partial charge in [0, 0.05) is 33.2 Å². The van der Waals surface area contributed by atoms with Crippen LogP contribution in [0.2, 0.25) is 15.1 Å². The van der Waals surface area contributed by atoms with Crippen molar-refractivity contribution in [3.63, 3.8) is 0 Å². The maximum Gasteiger partial charge on any atom is 0.264 e. The minimum atomic E-state index is -4.18. The van der Waals surface area contributed by atoms with Crippen molar-refractivity contribution in [2.24, 2.45) is 0 Å². The molecule has 1 atom stereocenters. The fourth-order valence-corrected chi connectivity index (χ4v) is 6.84. The van der Waals surface area contributed by atoms with E-state index in [4.69, 9.17) is 34.8 Å². The van der Waals surface area contributed by atoms with Gasteiger partial charge in [0.05, 0.1) is 10.6 Å². The summed E-state index contributed by atoms with van der Waals surface area (Å²) in [6, 6.07) is 18.2.